The number of ether oxygens (including phenoxy) is 1. The van der Waals surface area contributed by atoms with Crippen LogP contribution in [0, 0.1) is 0 Å². The number of benzene rings is 3. The summed E-state index contributed by atoms with van der Waals surface area (Å²) in [5.41, 5.74) is 2.50. The average molecular weight is 377 g/mol. The molecule has 1 heterocycles. The second kappa shape index (κ2) is 7.37. The van der Waals surface area contributed by atoms with Crippen molar-refractivity contribution in [2.75, 3.05) is 11.5 Å². The minimum atomic E-state index is -1.31. The molecule has 0 saturated carbocycles. The highest BCUT2D eigenvalue weighted by molar-refractivity contribution is 7.85. The Morgan fingerprint density at radius 3 is 2.00 bits per heavy atom. The predicted molar refractivity (Wildman–Crippen MR) is 106 cm³/mol. The van der Waals surface area contributed by atoms with Crippen LogP contribution in [0.2, 0.25) is 0 Å². The summed E-state index contributed by atoms with van der Waals surface area (Å²) < 4.78 is 18.6. The van der Waals surface area contributed by atoms with Crippen LogP contribution in [-0.4, -0.2) is 16.7 Å². The molecule has 0 radical (unpaired) electrons. The van der Waals surface area contributed by atoms with Gasteiger partial charge in [-0.15, -0.1) is 0 Å². The molecule has 0 bridgehead atoms. The van der Waals surface area contributed by atoms with E-state index in [0.29, 0.717) is 26.9 Å². The Morgan fingerprint density at radius 1 is 0.889 bits per heavy atom. The summed E-state index contributed by atoms with van der Waals surface area (Å²) in [6.45, 7) is 2.00. The second-order valence-electron chi connectivity index (χ2n) is 6.22. The third-order valence-corrected chi connectivity index (χ3v) is 6.04. The van der Waals surface area contributed by atoms with Gasteiger partial charge in [-0.2, -0.15) is 0 Å². The van der Waals surface area contributed by atoms with Crippen molar-refractivity contribution >= 4 is 28.1 Å². The normalized spacial score (nSPS) is 13.0. The first kappa shape index (κ1) is 17.5. The molecule has 4 rings (SSSR count). The molecule has 136 valence electrons. The van der Waals surface area contributed by atoms with Gasteiger partial charge in [0.15, 0.2) is 6.61 Å². The van der Waals surface area contributed by atoms with Gasteiger partial charge in [-0.05, 0) is 48.4 Å². The molecule has 0 aromatic heterocycles. The number of hydrogen-bond donors (Lipinski definition) is 0. The van der Waals surface area contributed by atoms with Crippen molar-refractivity contribution < 1.29 is 13.7 Å². The number of nitrogens with zero attached hydrogens (tertiary/aromatic N) is 1. The maximum atomic E-state index is 13.0. The molecular formula is C22H19NO3S. The quantitative estimate of drug-likeness (QED) is 0.674. The monoisotopic (exact) mass is 377 g/mol. The zero-order chi connectivity index (χ0) is 18.8. The predicted octanol–water partition coefficient (Wildman–Crippen LogP) is 4.47. The lowest BCUT2D eigenvalue weighted by molar-refractivity contribution is -0.119. The smallest absolute Gasteiger partial charge is 0.269 e. The van der Waals surface area contributed by atoms with Gasteiger partial charge in [0.05, 0.1) is 32.0 Å². The van der Waals surface area contributed by atoms with E-state index in [4.69, 9.17) is 4.74 Å². The van der Waals surface area contributed by atoms with Crippen molar-refractivity contribution in [3.05, 3.63) is 78.4 Å². The van der Waals surface area contributed by atoms with Gasteiger partial charge in [-0.1, -0.05) is 43.3 Å². The fourth-order valence-electron chi connectivity index (χ4n) is 3.15. The van der Waals surface area contributed by atoms with E-state index in [0.717, 1.165) is 6.42 Å². The molecule has 0 N–H and O–H groups in total. The second-order valence-corrected chi connectivity index (χ2v) is 7.64. The Labute approximate surface area is 160 Å². The summed E-state index contributed by atoms with van der Waals surface area (Å²) in [5, 5.41) is 0. The maximum absolute atomic E-state index is 13.0. The number of rotatable bonds is 4. The summed E-state index contributed by atoms with van der Waals surface area (Å²) in [6, 6.07) is 22.3. The standard InChI is InChI=1S/C22H19NO3S/c1-2-16-11-13-17(14-12-16)26-15-22(24)23-18-7-3-5-9-20(18)27(25)21-10-6-4-8-19(21)23/h3-14H,2,15H2,1H3. The van der Waals surface area contributed by atoms with Crippen molar-refractivity contribution in [2.24, 2.45) is 0 Å². The summed E-state index contributed by atoms with van der Waals surface area (Å²) in [7, 11) is -1.31. The molecule has 5 heteroatoms. The van der Waals surface area contributed by atoms with Crippen LogP contribution in [-0.2, 0) is 22.0 Å². The Kier molecular flexibility index (Phi) is 4.77. The molecular weight excluding hydrogens is 358 g/mol. The van der Waals surface area contributed by atoms with E-state index in [-0.39, 0.29) is 12.5 Å². The maximum Gasteiger partial charge on any atom is 0.269 e. The van der Waals surface area contributed by atoms with Gasteiger partial charge < -0.3 is 4.74 Å². The fourth-order valence-corrected chi connectivity index (χ4v) is 4.49. The summed E-state index contributed by atoms with van der Waals surface area (Å²) in [5.74, 6) is 0.453. The van der Waals surface area contributed by atoms with Crippen molar-refractivity contribution in [1.82, 2.24) is 0 Å². The minimum Gasteiger partial charge on any atom is -0.484 e. The van der Waals surface area contributed by atoms with E-state index >= 15 is 0 Å². The molecule has 0 spiro atoms. The molecule has 3 aromatic rings. The molecule has 1 aliphatic heterocycles. The van der Waals surface area contributed by atoms with Crippen LogP contribution < -0.4 is 9.64 Å². The third-order valence-electron chi connectivity index (χ3n) is 4.56. The minimum absolute atomic E-state index is 0.0965. The highest BCUT2D eigenvalue weighted by atomic mass is 32.2. The highest BCUT2D eigenvalue weighted by Crippen LogP contribution is 2.41. The molecule has 27 heavy (non-hydrogen) atoms. The zero-order valence-electron chi connectivity index (χ0n) is 14.9. The lowest BCUT2D eigenvalue weighted by Crippen LogP contribution is -2.34. The number of anilines is 2. The van der Waals surface area contributed by atoms with E-state index in [1.165, 1.54) is 5.56 Å². The number of aryl methyl sites for hydroxylation is 1. The Balaban J connectivity index is 1.63. The molecule has 3 aromatic carbocycles. The first-order valence-electron chi connectivity index (χ1n) is 8.83. The Morgan fingerprint density at radius 2 is 1.44 bits per heavy atom. The van der Waals surface area contributed by atoms with Crippen LogP contribution in [0.1, 0.15) is 12.5 Å². The number of carbonyl (C=O) groups excluding carboxylic acids is 1. The van der Waals surface area contributed by atoms with E-state index < -0.39 is 10.8 Å². The van der Waals surface area contributed by atoms with Gasteiger partial charge in [0, 0.05) is 0 Å². The first-order chi connectivity index (χ1) is 13.2. The summed E-state index contributed by atoms with van der Waals surface area (Å²) >= 11 is 0. The van der Waals surface area contributed by atoms with Gasteiger partial charge in [-0.3, -0.25) is 9.69 Å². The highest BCUT2D eigenvalue weighted by Gasteiger charge is 2.31. The average Bonchev–Trinajstić information content (AvgIpc) is 2.73. The van der Waals surface area contributed by atoms with Gasteiger partial charge in [0.25, 0.3) is 5.91 Å². The Hall–Kier alpha value is -2.92. The lowest BCUT2D eigenvalue weighted by atomic mass is 10.2. The van der Waals surface area contributed by atoms with Crippen molar-refractivity contribution in [3.8, 4) is 5.75 Å². The SMILES string of the molecule is CCc1ccc(OCC(=O)N2c3ccccc3S(=O)c3ccccc32)cc1. The van der Waals surface area contributed by atoms with Crippen LogP contribution in [0.15, 0.2) is 82.6 Å². The Bertz CT molecular complexity index is 965. The van der Waals surface area contributed by atoms with Crippen LogP contribution in [0.5, 0.6) is 5.75 Å². The van der Waals surface area contributed by atoms with Crippen LogP contribution in [0.25, 0.3) is 0 Å². The van der Waals surface area contributed by atoms with E-state index in [9.17, 15) is 9.00 Å². The molecule has 0 unspecified atom stereocenters. The topological polar surface area (TPSA) is 46.6 Å². The van der Waals surface area contributed by atoms with Crippen LogP contribution in [0.3, 0.4) is 0 Å². The van der Waals surface area contributed by atoms with Crippen molar-refractivity contribution in [1.29, 1.82) is 0 Å². The summed E-state index contributed by atoms with van der Waals surface area (Å²) in [6.07, 6.45) is 0.956. The number of carbonyl (C=O) groups is 1. The van der Waals surface area contributed by atoms with Gasteiger partial charge in [-0.25, -0.2) is 4.21 Å². The number of amides is 1. The molecule has 1 amide bonds. The van der Waals surface area contributed by atoms with Crippen molar-refractivity contribution in [3.63, 3.8) is 0 Å². The van der Waals surface area contributed by atoms with Crippen LogP contribution in [0.4, 0.5) is 11.4 Å². The van der Waals surface area contributed by atoms with Crippen LogP contribution >= 0.6 is 0 Å². The molecule has 0 fully saturated rings. The van der Waals surface area contributed by atoms with E-state index in [2.05, 4.69) is 6.92 Å². The lowest BCUT2D eigenvalue weighted by Gasteiger charge is -2.30. The zero-order valence-corrected chi connectivity index (χ0v) is 15.7. The van der Waals surface area contributed by atoms with Gasteiger partial charge >= 0.3 is 0 Å². The van der Waals surface area contributed by atoms with Gasteiger partial charge in [0.2, 0.25) is 0 Å². The molecule has 1 aliphatic rings. The number of hydrogen-bond acceptors (Lipinski definition) is 3. The van der Waals surface area contributed by atoms with Crippen molar-refractivity contribution in [2.45, 2.75) is 23.1 Å². The van der Waals surface area contributed by atoms with E-state index in [1.807, 2.05) is 60.7 Å². The largest absolute Gasteiger partial charge is 0.484 e. The van der Waals surface area contributed by atoms with Gasteiger partial charge in [0.1, 0.15) is 5.75 Å². The molecule has 0 saturated heterocycles. The summed E-state index contributed by atoms with van der Waals surface area (Å²) in [4.78, 5) is 15.9. The van der Waals surface area contributed by atoms with E-state index in [1.54, 1.807) is 17.0 Å². The fraction of sp³-hybridized carbons (Fsp3) is 0.136. The molecule has 0 atom stereocenters. The molecule has 4 nitrogen and oxygen atoms in total. The third kappa shape index (κ3) is 3.26. The number of para-hydroxylation sites is 2. The molecule has 0 aliphatic carbocycles. The first-order valence-corrected chi connectivity index (χ1v) is 9.98. The number of fused-ring (bicyclic) bond motifs is 2.